The first-order chi connectivity index (χ1) is 8.67. The van der Waals surface area contributed by atoms with Crippen LogP contribution in [0.3, 0.4) is 0 Å². The van der Waals surface area contributed by atoms with Gasteiger partial charge in [0, 0.05) is 18.0 Å². The summed E-state index contributed by atoms with van der Waals surface area (Å²) in [6.07, 6.45) is 1.09. The summed E-state index contributed by atoms with van der Waals surface area (Å²) in [4.78, 5) is 0. The molecule has 2 rings (SSSR count). The summed E-state index contributed by atoms with van der Waals surface area (Å²) in [7, 11) is 1.70. The molecular formula is C15H23NO2. The monoisotopic (exact) mass is 249 g/mol. The number of rotatable bonds is 6. The van der Waals surface area contributed by atoms with Crippen molar-refractivity contribution in [3.63, 3.8) is 0 Å². The molecule has 0 aliphatic carbocycles. The average molecular weight is 249 g/mol. The Balaban J connectivity index is 1.94. The maximum atomic E-state index is 5.28. The Morgan fingerprint density at radius 3 is 2.44 bits per heavy atom. The van der Waals surface area contributed by atoms with Gasteiger partial charge < -0.3 is 14.8 Å². The lowest BCUT2D eigenvalue weighted by molar-refractivity contribution is -0.100. The lowest BCUT2D eigenvalue weighted by atomic mass is 9.88. The van der Waals surface area contributed by atoms with Crippen LogP contribution in [0.5, 0.6) is 5.75 Å². The fraction of sp³-hybridized carbons (Fsp3) is 0.600. The SMILES string of the molecule is CCC(NCC1(C)COC1)c1ccc(OC)cc1. The van der Waals surface area contributed by atoms with E-state index in [1.165, 1.54) is 5.56 Å². The van der Waals surface area contributed by atoms with Crippen LogP contribution >= 0.6 is 0 Å². The third-order valence-corrected chi connectivity index (χ3v) is 3.60. The van der Waals surface area contributed by atoms with Crippen molar-refractivity contribution in [3.05, 3.63) is 29.8 Å². The molecule has 0 saturated carbocycles. The van der Waals surface area contributed by atoms with Gasteiger partial charge in [-0.2, -0.15) is 0 Å². The van der Waals surface area contributed by atoms with Crippen molar-refractivity contribution in [1.29, 1.82) is 0 Å². The minimum Gasteiger partial charge on any atom is -0.497 e. The van der Waals surface area contributed by atoms with E-state index in [2.05, 4.69) is 31.3 Å². The first-order valence-corrected chi connectivity index (χ1v) is 6.62. The number of hydrogen-bond acceptors (Lipinski definition) is 3. The molecule has 100 valence electrons. The van der Waals surface area contributed by atoms with Gasteiger partial charge in [-0.3, -0.25) is 0 Å². The largest absolute Gasteiger partial charge is 0.497 e. The van der Waals surface area contributed by atoms with Gasteiger partial charge in [-0.15, -0.1) is 0 Å². The molecule has 1 aromatic rings. The van der Waals surface area contributed by atoms with Crippen molar-refractivity contribution in [2.24, 2.45) is 5.41 Å². The van der Waals surface area contributed by atoms with Crippen LogP contribution in [0.2, 0.25) is 0 Å². The summed E-state index contributed by atoms with van der Waals surface area (Å²) in [5, 5.41) is 3.64. The van der Waals surface area contributed by atoms with Crippen molar-refractivity contribution < 1.29 is 9.47 Å². The molecule has 1 aliphatic heterocycles. The van der Waals surface area contributed by atoms with Gasteiger partial charge in [0.1, 0.15) is 5.75 Å². The van der Waals surface area contributed by atoms with Gasteiger partial charge in [-0.25, -0.2) is 0 Å². The Kier molecular flexibility index (Phi) is 4.25. The van der Waals surface area contributed by atoms with Gasteiger partial charge in [0.05, 0.1) is 20.3 Å². The fourth-order valence-electron chi connectivity index (χ4n) is 2.26. The van der Waals surface area contributed by atoms with Crippen LogP contribution in [0.15, 0.2) is 24.3 Å². The predicted molar refractivity (Wildman–Crippen MR) is 73.0 cm³/mol. The molecule has 1 aliphatic rings. The fourth-order valence-corrected chi connectivity index (χ4v) is 2.26. The quantitative estimate of drug-likeness (QED) is 0.841. The number of hydrogen-bond donors (Lipinski definition) is 1. The van der Waals surface area contributed by atoms with Crippen molar-refractivity contribution in [3.8, 4) is 5.75 Å². The molecule has 0 amide bonds. The molecule has 18 heavy (non-hydrogen) atoms. The molecular weight excluding hydrogens is 226 g/mol. The molecule has 1 unspecified atom stereocenters. The van der Waals surface area contributed by atoms with Crippen LogP contribution < -0.4 is 10.1 Å². The van der Waals surface area contributed by atoms with Crippen LogP contribution in [0.25, 0.3) is 0 Å². The van der Waals surface area contributed by atoms with Crippen LogP contribution in [0.4, 0.5) is 0 Å². The van der Waals surface area contributed by atoms with E-state index >= 15 is 0 Å². The zero-order valence-corrected chi connectivity index (χ0v) is 11.5. The van der Waals surface area contributed by atoms with Gasteiger partial charge in [0.2, 0.25) is 0 Å². The van der Waals surface area contributed by atoms with Gasteiger partial charge in [0.15, 0.2) is 0 Å². The van der Waals surface area contributed by atoms with Gasteiger partial charge in [-0.1, -0.05) is 26.0 Å². The van der Waals surface area contributed by atoms with Gasteiger partial charge in [-0.05, 0) is 24.1 Å². The first-order valence-electron chi connectivity index (χ1n) is 6.62. The van der Waals surface area contributed by atoms with Crippen molar-refractivity contribution in [1.82, 2.24) is 5.32 Å². The summed E-state index contributed by atoms with van der Waals surface area (Å²) >= 11 is 0. The van der Waals surface area contributed by atoms with Gasteiger partial charge in [0.25, 0.3) is 0 Å². The third kappa shape index (κ3) is 3.03. The molecule has 1 atom stereocenters. The second kappa shape index (κ2) is 5.72. The van der Waals surface area contributed by atoms with Crippen LogP contribution in [-0.4, -0.2) is 26.9 Å². The van der Waals surface area contributed by atoms with E-state index in [0.29, 0.717) is 11.5 Å². The summed E-state index contributed by atoms with van der Waals surface area (Å²) in [6, 6.07) is 8.73. The van der Waals surface area contributed by atoms with Crippen LogP contribution in [-0.2, 0) is 4.74 Å². The molecule has 1 saturated heterocycles. The average Bonchev–Trinajstić information content (AvgIpc) is 2.38. The molecule has 0 radical (unpaired) electrons. The van der Waals surface area contributed by atoms with E-state index in [1.54, 1.807) is 7.11 Å². The minimum absolute atomic E-state index is 0.319. The van der Waals surface area contributed by atoms with Crippen molar-refractivity contribution >= 4 is 0 Å². The zero-order chi connectivity index (χ0) is 13.0. The molecule has 0 spiro atoms. The van der Waals surface area contributed by atoms with E-state index in [1.807, 2.05) is 12.1 Å². The molecule has 0 aromatic heterocycles. The maximum Gasteiger partial charge on any atom is 0.118 e. The van der Waals surface area contributed by atoms with Crippen LogP contribution in [0.1, 0.15) is 31.9 Å². The van der Waals surface area contributed by atoms with Crippen molar-refractivity contribution in [2.75, 3.05) is 26.9 Å². The Morgan fingerprint density at radius 1 is 1.33 bits per heavy atom. The maximum absolute atomic E-state index is 5.28. The third-order valence-electron chi connectivity index (χ3n) is 3.60. The number of ether oxygens (including phenoxy) is 2. The highest BCUT2D eigenvalue weighted by Gasteiger charge is 2.33. The second-order valence-electron chi connectivity index (χ2n) is 5.42. The highest BCUT2D eigenvalue weighted by Crippen LogP contribution is 2.27. The van der Waals surface area contributed by atoms with E-state index in [9.17, 15) is 0 Å². The van der Waals surface area contributed by atoms with E-state index in [-0.39, 0.29) is 0 Å². The van der Waals surface area contributed by atoms with E-state index in [4.69, 9.17) is 9.47 Å². The summed E-state index contributed by atoms with van der Waals surface area (Å²) in [6.45, 7) is 7.24. The van der Waals surface area contributed by atoms with E-state index in [0.717, 1.165) is 31.9 Å². The molecule has 3 heteroatoms. The first kappa shape index (κ1) is 13.4. The number of methoxy groups -OCH3 is 1. The molecule has 0 bridgehead atoms. The second-order valence-corrected chi connectivity index (χ2v) is 5.42. The summed E-state index contributed by atoms with van der Waals surface area (Å²) in [5.74, 6) is 0.910. The smallest absolute Gasteiger partial charge is 0.118 e. The Bertz CT molecular complexity index is 371. The summed E-state index contributed by atoms with van der Waals surface area (Å²) in [5.41, 5.74) is 1.64. The molecule has 1 fully saturated rings. The van der Waals surface area contributed by atoms with Crippen molar-refractivity contribution in [2.45, 2.75) is 26.3 Å². The van der Waals surface area contributed by atoms with Crippen LogP contribution in [0, 0.1) is 5.41 Å². The zero-order valence-electron chi connectivity index (χ0n) is 11.5. The number of benzene rings is 1. The lowest BCUT2D eigenvalue weighted by Gasteiger charge is -2.39. The van der Waals surface area contributed by atoms with Gasteiger partial charge >= 0.3 is 0 Å². The highest BCUT2D eigenvalue weighted by molar-refractivity contribution is 5.29. The highest BCUT2D eigenvalue weighted by atomic mass is 16.5. The molecule has 1 aromatic carbocycles. The normalized spacial score (nSPS) is 19.1. The molecule has 1 N–H and O–H groups in total. The Labute approximate surface area is 109 Å². The molecule has 1 heterocycles. The summed E-state index contributed by atoms with van der Waals surface area (Å²) < 4.78 is 10.5. The number of nitrogens with one attached hydrogen (secondary N) is 1. The predicted octanol–water partition coefficient (Wildman–Crippen LogP) is 2.77. The van der Waals surface area contributed by atoms with E-state index < -0.39 is 0 Å². The molecule has 3 nitrogen and oxygen atoms in total. The lowest BCUT2D eigenvalue weighted by Crippen LogP contribution is -2.47. The Hall–Kier alpha value is -1.06. The minimum atomic E-state index is 0.319. The standard InChI is InChI=1S/C15H23NO2/c1-4-14(16-9-15(2)10-18-11-15)12-5-7-13(17-3)8-6-12/h5-8,14,16H,4,9-11H2,1-3H3. The Morgan fingerprint density at radius 2 is 2.00 bits per heavy atom. The topological polar surface area (TPSA) is 30.5 Å².